The van der Waals surface area contributed by atoms with E-state index in [2.05, 4.69) is 59.8 Å². The lowest BCUT2D eigenvalue weighted by Crippen LogP contribution is -2.25. The van der Waals surface area contributed by atoms with Crippen LogP contribution < -0.4 is 10.6 Å². The van der Waals surface area contributed by atoms with Crippen molar-refractivity contribution in [3.8, 4) is 0 Å². The zero-order valence-corrected chi connectivity index (χ0v) is 18.6. The van der Waals surface area contributed by atoms with Gasteiger partial charge in [-0.15, -0.1) is 0 Å². The van der Waals surface area contributed by atoms with Crippen molar-refractivity contribution in [3.63, 3.8) is 0 Å². The van der Waals surface area contributed by atoms with E-state index in [0.29, 0.717) is 18.0 Å². The quantitative estimate of drug-likeness (QED) is 0.553. The molecule has 0 saturated carbocycles. The van der Waals surface area contributed by atoms with Gasteiger partial charge in [0.15, 0.2) is 0 Å². The highest BCUT2D eigenvalue weighted by molar-refractivity contribution is 5.94. The molecule has 0 saturated heterocycles. The summed E-state index contributed by atoms with van der Waals surface area (Å²) in [5, 5.41) is 6.49. The zero-order chi connectivity index (χ0) is 22.1. The second-order valence-electron chi connectivity index (χ2n) is 8.12. The van der Waals surface area contributed by atoms with E-state index in [0.717, 1.165) is 41.1 Å². The maximum absolute atomic E-state index is 12.4. The molecule has 1 heterocycles. The van der Waals surface area contributed by atoms with Crippen LogP contribution in [-0.4, -0.2) is 17.4 Å². The fraction of sp³-hybridized carbons (Fsp3) is 0.259. The van der Waals surface area contributed by atoms with Crippen LogP contribution in [0.4, 0.5) is 5.69 Å². The Morgan fingerprint density at radius 3 is 2.81 bits per heavy atom. The molecule has 2 aromatic rings. The van der Waals surface area contributed by atoms with Crippen LogP contribution in [0.25, 0.3) is 6.08 Å². The smallest absolute Gasteiger partial charge is 0.251 e. The summed E-state index contributed by atoms with van der Waals surface area (Å²) in [7, 11) is 0. The fourth-order valence-electron chi connectivity index (χ4n) is 3.21. The number of aromatic nitrogens is 1. The van der Waals surface area contributed by atoms with Gasteiger partial charge in [0.2, 0.25) is 0 Å². The van der Waals surface area contributed by atoms with Crippen LogP contribution in [-0.2, 0) is 0 Å². The third-order valence-electron chi connectivity index (χ3n) is 5.02. The van der Waals surface area contributed by atoms with Crippen LogP contribution in [0.2, 0.25) is 0 Å². The Bertz CT molecular complexity index is 1010. The Kier molecular flexibility index (Phi) is 7.99. The standard InChI is InChI=1S/C27H31N3O/c1-20(2)15-17-29-27(31)23-12-14-26(21(3)18-23)30-25-10-5-4-8-22(19-25)11-13-24-9-6-7-16-28-24/h5-14,16,18-20,30H,4,15,17H2,1-3H3,(H,29,31)/b13-11+. The molecule has 0 aliphatic heterocycles. The van der Waals surface area contributed by atoms with Gasteiger partial charge in [0.25, 0.3) is 5.91 Å². The Balaban J connectivity index is 1.67. The van der Waals surface area contributed by atoms with Gasteiger partial charge in [0, 0.05) is 29.7 Å². The van der Waals surface area contributed by atoms with Crippen molar-refractivity contribution < 1.29 is 4.79 Å². The van der Waals surface area contributed by atoms with Crippen LogP contribution >= 0.6 is 0 Å². The molecule has 0 atom stereocenters. The molecule has 31 heavy (non-hydrogen) atoms. The normalized spacial score (nSPS) is 13.7. The number of carbonyl (C=O) groups is 1. The van der Waals surface area contributed by atoms with Crippen LogP contribution in [0.1, 0.15) is 48.3 Å². The average molecular weight is 414 g/mol. The van der Waals surface area contributed by atoms with Gasteiger partial charge in [-0.25, -0.2) is 0 Å². The van der Waals surface area contributed by atoms with E-state index in [9.17, 15) is 4.79 Å². The van der Waals surface area contributed by atoms with Gasteiger partial charge in [-0.3, -0.25) is 9.78 Å². The van der Waals surface area contributed by atoms with Crippen molar-refractivity contribution in [2.24, 2.45) is 5.92 Å². The van der Waals surface area contributed by atoms with Crippen LogP contribution in [0.3, 0.4) is 0 Å². The minimum Gasteiger partial charge on any atom is -0.355 e. The topological polar surface area (TPSA) is 54.0 Å². The minimum atomic E-state index is -0.0197. The van der Waals surface area contributed by atoms with Crippen LogP contribution in [0.5, 0.6) is 0 Å². The summed E-state index contributed by atoms with van der Waals surface area (Å²) in [5.41, 5.74) is 5.77. The van der Waals surface area contributed by atoms with Gasteiger partial charge >= 0.3 is 0 Å². The van der Waals surface area contributed by atoms with Crippen LogP contribution in [0, 0.1) is 12.8 Å². The average Bonchev–Trinajstić information content (AvgIpc) is 2.99. The predicted octanol–water partition coefficient (Wildman–Crippen LogP) is 6.06. The number of nitrogens with zero attached hydrogens (tertiary/aromatic N) is 1. The summed E-state index contributed by atoms with van der Waals surface area (Å²) in [4.78, 5) is 16.7. The van der Waals surface area contributed by atoms with Gasteiger partial charge in [-0.2, -0.15) is 0 Å². The molecule has 1 aliphatic carbocycles. The summed E-state index contributed by atoms with van der Waals surface area (Å²) in [6.07, 6.45) is 16.3. The number of amides is 1. The molecular formula is C27H31N3O. The number of allylic oxidation sites excluding steroid dienone is 6. The molecule has 0 spiro atoms. The first-order chi connectivity index (χ1) is 15.0. The molecular weight excluding hydrogens is 382 g/mol. The second-order valence-corrected chi connectivity index (χ2v) is 8.12. The Morgan fingerprint density at radius 2 is 2.06 bits per heavy atom. The molecule has 4 heteroatoms. The van der Waals surface area contributed by atoms with Crippen molar-refractivity contribution in [1.82, 2.24) is 10.3 Å². The number of pyridine rings is 1. The Morgan fingerprint density at radius 1 is 1.19 bits per heavy atom. The second kappa shape index (κ2) is 11.1. The highest BCUT2D eigenvalue weighted by Gasteiger charge is 2.09. The third kappa shape index (κ3) is 7.10. The number of benzene rings is 1. The van der Waals surface area contributed by atoms with Crippen molar-refractivity contribution in [2.75, 3.05) is 11.9 Å². The maximum atomic E-state index is 12.4. The predicted molar refractivity (Wildman–Crippen MR) is 130 cm³/mol. The fourth-order valence-corrected chi connectivity index (χ4v) is 3.21. The summed E-state index contributed by atoms with van der Waals surface area (Å²) in [6, 6.07) is 11.7. The zero-order valence-electron chi connectivity index (χ0n) is 18.6. The molecule has 3 rings (SSSR count). The highest BCUT2D eigenvalue weighted by Crippen LogP contribution is 2.21. The molecule has 0 unspecified atom stereocenters. The first-order valence-electron chi connectivity index (χ1n) is 10.8. The van der Waals surface area contributed by atoms with Gasteiger partial charge < -0.3 is 10.6 Å². The van der Waals surface area contributed by atoms with Gasteiger partial charge in [-0.1, -0.05) is 38.1 Å². The number of nitrogens with one attached hydrogen (secondary N) is 2. The summed E-state index contributed by atoms with van der Waals surface area (Å²) < 4.78 is 0. The van der Waals surface area contributed by atoms with E-state index in [1.54, 1.807) is 6.20 Å². The van der Waals surface area contributed by atoms with Gasteiger partial charge in [0.1, 0.15) is 0 Å². The largest absolute Gasteiger partial charge is 0.355 e. The van der Waals surface area contributed by atoms with E-state index in [1.807, 2.05) is 49.4 Å². The SMILES string of the molecule is Cc1cc(C(=O)NCCC(C)C)ccc1NC1=CC(/C=C/c2ccccn2)=CCC=C1. The molecule has 0 bridgehead atoms. The molecule has 1 amide bonds. The molecule has 0 radical (unpaired) electrons. The molecule has 160 valence electrons. The van der Waals surface area contributed by atoms with Crippen molar-refractivity contribution >= 4 is 17.7 Å². The van der Waals surface area contributed by atoms with Gasteiger partial charge in [-0.05, 0) is 85.4 Å². The van der Waals surface area contributed by atoms with Crippen molar-refractivity contribution in [3.05, 3.63) is 101 Å². The first kappa shape index (κ1) is 22.3. The number of rotatable bonds is 8. The van der Waals surface area contributed by atoms with Crippen molar-refractivity contribution in [1.29, 1.82) is 0 Å². The van der Waals surface area contributed by atoms with E-state index in [4.69, 9.17) is 0 Å². The number of hydrogen-bond donors (Lipinski definition) is 2. The van der Waals surface area contributed by atoms with E-state index in [1.165, 1.54) is 0 Å². The van der Waals surface area contributed by atoms with E-state index >= 15 is 0 Å². The molecule has 1 aromatic carbocycles. The van der Waals surface area contributed by atoms with Crippen molar-refractivity contribution in [2.45, 2.75) is 33.6 Å². The molecule has 1 aromatic heterocycles. The molecule has 2 N–H and O–H groups in total. The Hall–Kier alpha value is -3.40. The van der Waals surface area contributed by atoms with E-state index < -0.39 is 0 Å². The number of anilines is 1. The first-order valence-corrected chi connectivity index (χ1v) is 10.8. The summed E-state index contributed by atoms with van der Waals surface area (Å²) in [6.45, 7) is 7.03. The summed E-state index contributed by atoms with van der Waals surface area (Å²) >= 11 is 0. The number of carbonyl (C=O) groups excluding carboxylic acids is 1. The third-order valence-corrected chi connectivity index (χ3v) is 5.02. The molecule has 1 aliphatic rings. The molecule has 4 nitrogen and oxygen atoms in total. The molecule has 0 fully saturated rings. The monoisotopic (exact) mass is 413 g/mol. The number of hydrogen-bond acceptors (Lipinski definition) is 3. The lowest BCUT2D eigenvalue weighted by atomic mass is 10.1. The lowest BCUT2D eigenvalue weighted by Gasteiger charge is -2.13. The Labute approximate surface area is 185 Å². The lowest BCUT2D eigenvalue weighted by molar-refractivity contribution is 0.0952. The minimum absolute atomic E-state index is 0.0197. The highest BCUT2D eigenvalue weighted by atomic mass is 16.1. The van der Waals surface area contributed by atoms with Crippen LogP contribution in [0.15, 0.2) is 84.2 Å². The summed E-state index contributed by atoms with van der Waals surface area (Å²) in [5.74, 6) is 0.556. The number of aryl methyl sites for hydroxylation is 1. The van der Waals surface area contributed by atoms with E-state index in [-0.39, 0.29) is 5.91 Å². The maximum Gasteiger partial charge on any atom is 0.251 e. The van der Waals surface area contributed by atoms with Gasteiger partial charge in [0.05, 0.1) is 5.69 Å².